The second-order valence-electron chi connectivity index (χ2n) is 2.25. The highest BCUT2D eigenvalue weighted by molar-refractivity contribution is 6.29. The van der Waals surface area contributed by atoms with Crippen molar-refractivity contribution in [2.24, 2.45) is 0 Å². The van der Waals surface area contributed by atoms with Gasteiger partial charge in [-0.05, 0) is 30.3 Å². The average Bonchev–Trinajstić information content (AvgIpc) is 2.05. The standard InChI is InChI=1S/C7H8Cl2N2/c1-5(11-9)6-2-3-7(8)10-4-6/h2-5,11H,1H3. The lowest BCUT2D eigenvalue weighted by molar-refractivity contribution is 0.741. The quantitative estimate of drug-likeness (QED) is 0.573. The van der Waals surface area contributed by atoms with Crippen LogP contribution in [0.5, 0.6) is 0 Å². The maximum atomic E-state index is 5.60. The Morgan fingerprint density at radius 3 is 2.73 bits per heavy atom. The molecule has 1 aromatic rings. The number of nitrogens with one attached hydrogen (secondary N) is 1. The zero-order valence-corrected chi connectivity index (χ0v) is 7.52. The molecule has 1 atom stereocenters. The van der Waals surface area contributed by atoms with Gasteiger partial charge in [-0.3, -0.25) is 0 Å². The third-order valence-corrected chi connectivity index (χ3v) is 1.96. The largest absolute Gasteiger partial charge is 0.244 e. The molecule has 0 aliphatic carbocycles. The number of hydrogen-bond acceptors (Lipinski definition) is 2. The fourth-order valence-corrected chi connectivity index (χ4v) is 0.944. The van der Waals surface area contributed by atoms with Gasteiger partial charge < -0.3 is 0 Å². The number of hydrogen-bond donors (Lipinski definition) is 1. The van der Waals surface area contributed by atoms with E-state index in [2.05, 4.69) is 9.82 Å². The van der Waals surface area contributed by atoms with Crippen LogP contribution in [0.2, 0.25) is 5.15 Å². The second-order valence-corrected chi connectivity index (χ2v) is 2.85. The smallest absolute Gasteiger partial charge is 0.129 e. The van der Waals surface area contributed by atoms with Gasteiger partial charge in [0.1, 0.15) is 5.15 Å². The maximum absolute atomic E-state index is 5.60. The molecule has 1 unspecified atom stereocenters. The van der Waals surface area contributed by atoms with Crippen LogP contribution in [0.3, 0.4) is 0 Å². The van der Waals surface area contributed by atoms with Gasteiger partial charge in [0.15, 0.2) is 0 Å². The summed E-state index contributed by atoms with van der Waals surface area (Å²) in [6.07, 6.45) is 1.70. The molecule has 0 saturated carbocycles. The van der Waals surface area contributed by atoms with E-state index < -0.39 is 0 Å². The van der Waals surface area contributed by atoms with E-state index in [1.807, 2.05) is 13.0 Å². The molecule has 1 rings (SSSR count). The van der Waals surface area contributed by atoms with Gasteiger partial charge in [0, 0.05) is 12.2 Å². The number of halogens is 2. The summed E-state index contributed by atoms with van der Waals surface area (Å²) in [6, 6.07) is 3.72. The predicted octanol–water partition coefficient (Wildman–Crippen LogP) is 2.54. The molecule has 4 heteroatoms. The van der Waals surface area contributed by atoms with E-state index in [9.17, 15) is 0 Å². The van der Waals surface area contributed by atoms with Crippen molar-refractivity contribution in [3.05, 3.63) is 29.0 Å². The van der Waals surface area contributed by atoms with E-state index in [0.717, 1.165) is 5.56 Å². The van der Waals surface area contributed by atoms with Crippen molar-refractivity contribution >= 4 is 23.4 Å². The monoisotopic (exact) mass is 190 g/mol. The molecule has 2 nitrogen and oxygen atoms in total. The average molecular weight is 191 g/mol. The molecular weight excluding hydrogens is 183 g/mol. The Morgan fingerprint density at radius 1 is 1.55 bits per heavy atom. The summed E-state index contributed by atoms with van der Waals surface area (Å²) in [5.74, 6) is 0. The van der Waals surface area contributed by atoms with Crippen molar-refractivity contribution in [3.8, 4) is 0 Å². The van der Waals surface area contributed by atoms with Crippen LogP contribution in [0.1, 0.15) is 18.5 Å². The number of aromatic nitrogens is 1. The Kier molecular flexibility index (Phi) is 3.12. The minimum atomic E-state index is 0.0985. The summed E-state index contributed by atoms with van der Waals surface area (Å²) in [5.41, 5.74) is 1.02. The molecule has 0 aromatic carbocycles. The fourth-order valence-electron chi connectivity index (χ4n) is 0.706. The predicted molar refractivity (Wildman–Crippen MR) is 46.7 cm³/mol. The molecule has 1 N–H and O–H groups in total. The second kappa shape index (κ2) is 3.90. The molecule has 0 aliphatic rings. The van der Waals surface area contributed by atoms with Crippen molar-refractivity contribution in [1.29, 1.82) is 0 Å². The van der Waals surface area contributed by atoms with Crippen molar-refractivity contribution in [2.45, 2.75) is 13.0 Å². The molecule has 0 bridgehead atoms. The maximum Gasteiger partial charge on any atom is 0.129 e. The summed E-state index contributed by atoms with van der Waals surface area (Å²) in [5, 5.41) is 0.496. The van der Waals surface area contributed by atoms with E-state index in [0.29, 0.717) is 5.15 Å². The van der Waals surface area contributed by atoms with E-state index in [1.165, 1.54) is 0 Å². The molecule has 0 amide bonds. The molecule has 1 aromatic heterocycles. The molecule has 0 radical (unpaired) electrons. The van der Waals surface area contributed by atoms with Gasteiger partial charge in [-0.25, -0.2) is 9.82 Å². The van der Waals surface area contributed by atoms with Gasteiger partial charge in [-0.1, -0.05) is 17.7 Å². The van der Waals surface area contributed by atoms with E-state index in [4.69, 9.17) is 23.4 Å². The first kappa shape index (κ1) is 8.78. The van der Waals surface area contributed by atoms with Crippen LogP contribution in [-0.4, -0.2) is 4.98 Å². The highest BCUT2D eigenvalue weighted by Gasteiger charge is 2.02. The molecule has 1 heterocycles. The normalized spacial score (nSPS) is 13.0. The number of pyridine rings is 1. The first-order valence-corrected chi connectivity index (χ1v) is 3.97. The third-order valence-electron chi connectivity index (χ3n) is 1.41. The summed E-state index contributed by atoms with van der Waals surface area (Å²) >= 11 is 11.0. The zero-order valence-electron chi connectivity index (χ0n) is 6.01. The Bertz CT molecular complexity index is 222. The zero-order chi connectivity index (χ0) is 8.27. The van der Waals surface area contributed by atoms with E-state index in [1.54, 1.807) is 12.3 Å². The first-order chi connectivity index (χ1) is 5.24. The lowest BCUT2D eigenvalue weighted by atomic mass is 10.2. The van der Waals surface area contributed by atoms with Crippen molar-refractivity contribution < 1.29 is 0 Å². The number of nitrogens with zero attached hydrogens (tertiary/aromatic N) is 1. The summed E-state index contributed by atoms with van der Waals surface area (Å²) in [7, 11) is 0. The van der Waals surface area contributed by atoms with Crippen LogP contribution in [0.15, 0.2) is 18.3 Å². The lowest BCUT2D eigenvalue weighted by Crippen LogP contribution is -2.06. The Balaban J connectivity index is 2.81. The van der Waals surface area contributed by atoms with E-state index >= 15 is 0 Å². The Morgan fingerprint density at radius 2 is 2.27 bits per heavy atom. The van der Waals surface area contributed by atoms with Gasteiger partial charge in [-0.15, -0.1) is 0 Å². The summed E-state index contributed by atoms with van der Waals surface area (Å²) in [6.45, 7) is 1.94. The molecule has 0 spiro atoms. The van der Waals surface area contributed by atoms with Crippen LogP contribution in [0, 0.1) is 0 Å². The highest BCUT2D eigenvalue weighted by Crippen LogP contribution is 2.13. The highest BCUT2D eigenvalue weighted by atomic mass is 35.5. The lowest BCUT2D eigenvalue weighted by Gasteiger charge is -2.06. The SMILES string of the molecule is CC(NCl)c1ccc(Cl)nc1. The van der Waals surface area contributed by atoms with Gasteiger partial charge in [0.05, 0.1) is 0 Å². The Hall–Kier alpha value is -0.310. The van der Waals surface area contributed by atoms with E-state index in [-0.39, 0.29) is 6.04 Å². The van der Waals surface area contributed by atoms with Gasteiger partial charge >= 0.3 is 0 Å². The molecule has 60 valence electrons. The van der Waals surface area contributed by atoms with Crippen LogP contribution < -0.4 is 4.84 Å². The van der Waals surface area contributed by atoms with Crippen LogP contribution >= 0.6 is 23.4 Å². The molecule has 0 aliphatic heterocycles. The summed E-state index contributed by atoms with van der Waals surface area (Å²) < 4.78 is 0. The fraction of sp³-hybridized carbons (Fsp3) is 0.286. The topological polar surface area (TPSA) is 24.9 Å². The molecular formula is C7H8Cl2N2. The van der Waals surface area contributed by atoms with Gasteiger partial charge in [0.25, 0.3) is 0 Å². The molecule has 0 fully saturated rings. The van der Waals surface area contributed by atoms with Crippen molar-refractivity contribution in [1.82, 2.24) is 9.82 Å². The molecule has 0 saturated heterocycles. The third kappa shape index (κ3) is 2.33. The van der Waals surface area contributed by atoms with Gasteiger partial charge in [0.2, 0.25) is 0 Å². The van der Waals surface area contributed by atoms with Crippen molar-refractivity contribution in [3.63, 3.8) is 0 Å². The molecule has 11 heavy (non-hydrogen) atoms. The Labute approximate surface area is 75.6 Å². The number of rotatable bonds is 2. The minimum Gasteiger partial charge on any atom is -0.244 e. The van der Waals surface area contributed by atoms with Crippen LogP contribution in [-0.2, 0) is 0 Å². The van der Waals surface area contributed by atoms with Gasteiger partial charge in [-0.2, -0.15) is 0 Å². The van der Waals surface area contributed by atoms with Crippen LogP contribution in [0.4, 0.5) is 0 Å². The minimum absolute atomic E-state index is 0.0985. The summed E-state index contributed by atoms with van der Waals surface area (Å²) in [4.78, 5) is 6.50. The first-order valence-electron chi connectivity index (χ1n) is 3.21. The van der Waals surface area contributed by atoms with Crippen LogP contribution in [0.25, 0.3) is 0 Å². The van der Waals surface area contributed by atoms with Crippen molar-refractivity contribution in [2.75, 3.05) is 0 Å².